The number of pyridine rings is 1. The van der Waals surface area contributed by atoms with E-state index >= 15 is 0 Å². The third-order valence-corrected chi connectivity index (χ3v) is 2.18. The van der Waals surface area contributed by atoms with Crippen molar-refractivity contribution in [2.45, 2.75) is 6.61 Å². The van der Waals surface area contributed by atoms with Crippen molar-refractivity contribution in [3.63, 3.8) is 0 Å². The highest BCUT2D eigenvalue weighted by molar-refractivity contribution is 5.44. The van der Waals surface area contributed by atoms with Crippen molar-refractivity contribution < 1.29 is 13.5 Å². The van der Waals surface area contributed by atoms with E-state index in [1.54, 1.807) is 24.4 Å². The third kappa shape index (κ3) is 2.50. The molecule has 0 atom stereocenters. The summed E-state index contributed by atoms with van der Waals surface area (Å²) in [5, 5.41) is 0. The summed E-state index contributed by atoms with van der Waals surface area (Å²) in [6.45, 7) is 0.0706. The fourth-order valence-electron chi connectivity index (χ4n) is 1.29. The van der Waals surface area contributed by atoms with Crippen LogP contribution < -0.4 is 10.5 Å². The first-order valence-electron chi connectivity index (χ1n) is 4.94. The Morgan fingerprint density at radius 3 is 2.65 bits per heavy atom. The summed E-state index contributed by atoms with van der Waals surface area (Å²) in [5.74, 6) is -2.35. The van der Waals surface area contributed by atoms with Gasteiger partial charge in [0.1, 0.15) is 6.61 Å². The first-order valence-corrected chi connectivity index (χ1v) is 4.94. The molecule has 0 aliphatic rings. The summed E-state index contributed by atoms with van der Waals surface area (Å²) in [4.78, 5) is 4.00. The highest BCUT2D eigenvalue weighted by atomic mass is 19.2. The van der Waals surface area contributed by atoms with Crippen molar-refractivity contribution in [1.29, 1.82) is 0 Å². The topological polar surface area (TPSA) is 48.1 Å². The number of aromatic nitrogens is 1. The van der Waals surface area contributed by atoms with Crippen LogP contribution in [0.15, 0.2) is 36.5 Å². The minimum Gasteiger partial charge on any atom is -0.484 e. The Balaban J connectivity index is 2.13. The van der Waals surface area contributed by atoms with Gasteiger partial charge in [0, 0.05) is 6.20 Å². The van der Waals surface area contributed by atoms with Crippen molar-refractivity contribution in [3.8, 4) is 5.75 Å². The summed E-state index contributed by atoms with van der Waals surface area (Å²) in [6, 6.07) is 7.81. The molecule has 0 bridgehead atoms. The maximum absolute atomic E-state index is 13.4. The van der Waals surface area contributed by atoms with Gasteiger partial charge >= 0.3 is 0 Å². The molecule has 1 heterocycles. The van der Waals surface area contributed by atoms with Gasteiger partial charge in [0.2, 0.25) is 5.82 Å². The summed E-state index contributed by atoms with van der Waals surface area (Å²) in [5.41, 5.74) is 5.60. The van der Waals surface area contributed by atoms with E-state index in [2.05, 4.69) is 4.98 Å². The van der Waals surface area contributed by atoms with Crippen LogP contribution in [-0.2, 0) is 6.61 Å². The molecule has 0 spiro atoms. The van der Waals surface area contributed by atoms with Gasteiger partial charge in [-0.25, -0.2) is 4.39 Å². The molecule has 0 unspecified atom stereocenters. The van der Waals surface area contributed by atoms with Crippen LogP contribution >= 0.6 is 0 Å². The fraction of sp³-hybridized carbons (Fsp3) is 0.0833. The molecular weight excluding hydrogens is 226 g/mol. The highest BCUT2D eigenvalue weighted by Crippen LogP contribution is 2.24. The van der Waals surface area contributed by atoms with E-state index in [1.165, 1.54) is 12.1 Å². The van der Waals surface area contributed by atoms with Gasteiger partial charge in [-0.15, -0.1) is 0 Å². The molecule has 0 aliphatic carbocycles. The lowest BCUT2D eigenvalue weighted by Crippen LogP contribution is -2.02. The van der Waals surface area contributed by atoms with Gasteiger partial charge in [-0.05, 0) is 24.3 Å². The Bertz CT molecular complexity index is 517. The van der Waals surface area contributed by atoms with Gasteiger partial charge in [0.05, 0.1) is 11.4 Å². The van der Waals surface area contributed by atoms with Crippen LogP contribution in [0, 0.1) is 11.6 Å². The van der Waals surface area contributed by atoms with Crippen molar-refractivity contribution in [3.05, 3.63) is 53.9 Å². The first-order chi connectivity index (χ1) is 8.18. The third-order valence-electron chi connectivity index (χ3n) is 2.18. The SMILES string of the molecule is Nc1ccc(OCc2ccccn2)c(F)c1F. The van der Waals surface area contributed by atoms with Crippen LogP contribution in [0.3, 0.4) is 0 Å². The normalized spacial score (nSPS) is 10.2. The second-order valence-electron chi connectivity index (χ2n) is 3.39. The van der Waals surface area contributed by atoms with E-state index in [9.17, 15) is 8.78 Å². The maximum Gasteiger partial charge on any atom is 0.202 e. The summed E-state index contributed by atoms with van der Waals surface area (Å²) in [7, 11) is 0. The largest absolute Gasteiger partial charge is 0.484 e. The van der Waals surface area contributed by atoms with Gasteiger partial charge in [-0.1, -0.05) is 6.07 Å². The molecule has 3 nitrogen and oxygen atoms in total. The molecule has 17 heavy (non-hydrogen) atoms. The Labute approximate surface area is 96.9 Å². The zero-order valence-electron chi connectivity index (χ0n) is 8.86. The first kappa shape index (κ1) is 11.3. The van der Waals surface area contributed by atoms with Gasteiger partial charge in [0.25, 0.3) is 0 Å². The van der Waals surface area contributed by atoms with Gasteiger partial charge in [-0.2, -0.15) is 4.39 Å². The number of nitrogens with zero attached hydrogens (tertiary/aromatic N) is 1. The number of nitrogen functional groups attached to an aromatic ring is 1. The quantitative estimate of drug-likeness (QED) is 0.833. The van der Waals surface area contributed by atoms with Crippen molar-refractivity contribution in [1.82, 2.24) is 4.98 Å². The standard InChI is InChI=1S/C12H10F2N2O/c13-11-9(15)4-5-10(12(11)14)17-7-8-3-1-2-6-16-8/h1-6H,7,15H2. The Hall–Kier alpha value is -2.17. The molecule has 2 N–H and O–H groups in total. The predicted molar refractivity (Wildman–Crippen MR) is 59.3 cm³/mol. The molecule has 0 amide bonds. The molecule has 0 fully saturated rings. The summed E-state index contributed by atoms with van der Waals surface area (Å²) in [6.07, 6.45) is 1.60. The summed E-state index contributed by atoms with van der Waals surface area (Å²) >= 11 is 0. The van der Waals surface area contributed by atoms with E-state index in [0.29, 0.717) is 5.69 Å². The molecule has 1 aromatic carbocycles. The number of anilines is 1. The van der Waals surface area contributed by atoms with Crippen molar-refractivity contribution >= 4 is 5.69 Å². The molecule has 0 saturated carbocycles. The number of halogens is 2. The van der Waals surface area contributed by atoms with Crippen LogP contribution in [0.5, 0.6) is 5.75 Å². The van der Waals surface area contributed by atoms with Gasteiger partial charge in [0.15, 0.2) is 11.6 Å². The molecule has 2 rings (SSSR count). The number of benzene rings is 1. The van der Waals surface area contributed by atoms with Crippen molar-refractivity contribution in [2.24, 2.45) is 0 Å². The number of hydrogen-bond donors (Lipinski definition) is 1. The van der Waals surface area contributed by atoms with E-state index in [1.807, 2.05) is 0 Å². The number of ether oxygens (including phenoxy) is 1. The predicted octanol–water partition coefficient (Wildman–Crippen LogP) is 2.52. The lowest BCUT2D eigenvalue weighted by molar-refractivity contribution is 0.281. The monoisotopic (exact) mass is 236 g/mol. The zero-order chi connectivity index (χ0) is 12.3. The minimum atomic E-state index is -1.09. The Morgan fingerprint density at radius 2 is 1.94 bits per heavy atom. The molecule has 0 saturated heterocycles. The number of hydrogen-bond acceptors (Lipinski definition) is 3. The number of rotatable bonds is 3. The van der Waals surface area contributed by atoms with Crippen LogP contribution in [-0.4, -0.2) is 4.98 Å². The van der Waals surface area contributed by atoms with Gasteiger partial charge < -0.3 is 10.5 Å². The molecule has 1 aromatic heterocycles. The van der Waals surface area contributed by atoms with E-state index < -0.39 is 11.6 Å². The minimum absolute atomic E-state index is 0.0706. The second-order valence-corrected chi connectivity index (χ2v) is 3.39. The Morgan fingerprint density at radius 1 is 1.12 bits per heavy atom. The van der Waals surface area contributed by atoms with Crippen LogP contribution in [0.4, 0.5) is 14.5 Å². The lowest BCUT2D eigenvalue weighted by Gasteiger charge is -2.08. The number of nitrogens with two attached hydrogens (primary N) is 1. The van der Waals surface area contributed by atoms with E-state index in [4.69, 9.17) is 10.5 Å². The van der Waals surface area contributed by atoms with Gasteiger partial charge in [-0.3, -0.25) is 4.98 Å². The molecule has 0 aliphatic heterocycles. The summed E-state index contributed by atoms with van der Waals surface area (Å²) < 4.78 is 31.6. The molecule has 5 heteroatoms. The fourth-order valence-corrected chi connectivity index (χ4v) is 1.29. The van der Waals surface area contributed by atoms with Crippen molar-refractivity contribution in [2.75, 3.05) is 5.73 Å². The molecule has 2 aromatic rings. The Kier molecular flexibility index (Phi) is 3.18. The van der Waals surface area contributed by atoms with Crippen LogP contribution in [0.2, 0.25) is 0 Å². The smallest absolute Gasteiger partial charge is 0.202 e. The lowest BCUT2D eigenvalue weighted by atomic mass is 10.3. The molecular formula is C12H10F2N2O. The van der Waals surface area contributed by atoms with Crippen LogP contribution in [0.1, 0.15) is 5.69 Å². The second kappa shape index (κ2) is 4.78. The maximum atomic E-state index is 13.4. The van der Waals surface area contributed by atoms with E-state index in [-0.39, 0.29) is 18.0 Å². The van der Waals surface area contributed by atoms with Crippen LogP contribution in [0.25, 0.3) is 0 Å². The average molecular weight is 236 g/mol. The van der Waals surface area contributed by atoms with E-state index in [0.717, 1.165) is 0 Å². The molecule has 0 radical (unpaired) electrons. The highest BCUT2D eigenvalue weighted by Gasteiger charge is 2.12. The molecule has 88 valence electrons. The zero-order valence-corrected chi connectivity index (χ0v) is 8.86. The average Bonchev–Trinajstić information content (AvgIpc) is 2.36.